The van der Waals surface area contributed by atoms with Crippen LogP contribution in [-0.2, 0) is 9.53 Å². The molecule has 0 amide bonds. The molecule has 19 heavy (non-hydrogen) atoms. The van der Waals surface area contributed by atoms with Crippen LogP contribution in [0.25, 0.3) is 6.08 Å². The largest absolute Gasteiger partial charge is 0.465 e. The van der Waals surface area contributed by atoms with Gasteiger partial charge in [-0.1, -0.05) is 42.5 Å². The Morgan fingerprint density at radius 1 is 1.42 bits per heavy atom. The van der Waals surface area contributed by atoms with E-state index >= 15 is 0 Å². The van der Waals surface area contributed by atoms with E-state index in [0.29, 0.717) is 13.0 Å². The first-order valence-corrected chi connectivity index (χ1v) is 6.57. The standard InChI is InChI=1S/C16H22O3/c1-4-19-15(18)16(3,13(2)17)12-8-11-14-9-6-5-7-10-14/h5-11,13,17H,4,12H2,1-3H3/b11-8+/t13-,16+/m1/s1. The Morgan fingerprint density at radius 3 is 2.58 bits per heavy atom. The topological polar surface area (TPSA) is 46.5 Å². The summed E-state index contributed by atoms with van der Waals surface area (Å²) in [4.78, 5) is 11.9. The maximum atomic E-state index is 11.9. The highest BCUT2D eigenvalue weighted by molar-refractivity contribution is 5.77. The summed E-state index contributed by atoms with van der Waals surface area (Å²) in [5.74, 6) is -0.359. The van der Waals surface area contributed by atoms with Crippen molar-refractivity contribution in [3.05, 3.63) is 42.0 Å². The summed E-state index contributed by atoms with van der Waals surface area (Å²) >= 11 is 0. The van der Waals surface area contributed by atoms with Crippen LogP contribution in [-0.4, -0.2) is 23.8 Å². The number of ether oxygens (including phenoxy) is 1. The Hall–Kier alpha value is -1.61. The van der Waals surface area contributed by atoms with Gasteiger partial charge in [-0.15, -0.1) is 0 Å². The van der Waals surface area contributed by atoms with Gasteiger partial charge in [0, 0.05) is 0 Å². The second kappa shape index (κ2) is 7.10. The van der Waals surface area contributed by atoms with Crippen molar-refractivity contribution >= 4 is 12.0 Å². The Labute approximate surface area is 114 Å². The summed E-state index contributed by atoms with van der Waals surface area (Å²) in [7, 11) is 0. The lowest BCUT2D eigenvalue weighted by Crippen LogP contribution is -2.39. The van der Waals surface area contributed by atoms with E-state index in [9.17, 15) is 9.90 Å². The summed E-state index contributed by atoms with van der Waals surface area (Å²) in [6.07, 6.45) is 3.53. The fourth-order valence-electron chi connectivity index (χ4n) is 1.72. The molecule has 1 rings (SSSR count). The number of hydrogen-bond acceptors (Lipinski definition) is 3. The lowest BCUT2D eigenvalue weighted by molar-refractivity contribution is -0.160. The van der Waals surface area contributed by atoms with Crippen LogP contribution < -0.4 is 0 Å². The quantitative estimate of drug-likeness (QED) is 0.801. The molecule has 1 N–H and O–H groups in total. The zero-order chi connectivity index (χ0) is 14.3. The fraction of sp³-hybridized carbons (Fsp3) is 0.438. The Balaban J connectivity index is 2.74. The highest BCUT2D eigenvalue weighted by Crippen LogP contribution is 2.29. The molecule has 0 saturated heterocycles. The van der Waals surface area contributed by atoms with E-state index in [0.717, 1.165) is 5.56 Å². The van der Waals surface area contributed by atoms with Gasteiger partial charge in [-0.2, -0.15) is 0 Å². The third-order valence-electron chi connectivity index (χ3n) is 3.32. The molecule has 0 saturated carbocycles. The van der Waals surface area contributed by atoms with Gasteiger partial charge in [-0.05, 0) is 32.8 Å². The smallest absolute Gasteiger partial charge is 0.314 e. The van der Waals surface area contributed by atoms with Gasteiger partial charge >= 0.3 is 5.97 Å². The molecule has 0 aromatic heterocycles. The van der Waals surface area contributed by atoms with Crippen LogP contribution in [0.1, 0.15) is 32.8 Å². The summed E-state index contributed by atoms with van der Waals surface area (Å²) in [6, 6.07) is 9.84. The van der Waals surface area contributed by atoms with Gasteiger partial charge in [0.2, 0.25) is 0 Å². The molecule has 0 fully saturated rings. The molecule has 0 unspecified atom stereocenters. The van der Waals surface area contributed by atoms with E-state index in [1.165, 1.54) is 0 Å². The molecule has 0 bridgehead atoms. The number of benzene rings is 1. The van der Waals surface area contributed by atoms with E-state index in [1.807, 2.05) is 42.5 Å². The molecule has 104 valence electrons. The predicted octanol–water partition coefficient (Wildman–Crippen LogP) is 3.04. The fourth-order valence-corrected chi connectivity index (χ4v) is 1.72. The van der Waals surface area contributed by atoms with Crippen molar-refractivity contribution in [2.24, 2.45) is 5.41 Å². The first kappa shape index (κ1) is 15.4. The molecule has 1 aromatic rings. The molecule has 0 aliphatic rings. The van der Waals surface area contributed by atoms with Crippen LogP contribution in [0.2, 0.25) is 0 Å². The van der Waals surface area contributed by atoms with E-state index in [2.05, 4.69) is 0 Å². The van der Waals surface area contributed by atoms with Gasteiger partial charge < -0.3 is 9.84 Å². The maximum Gasteiger partial charge on any atom is 0.314 e. The maximum absolute atomic E-state index is 11.9. The number of aliphatic hydroxyl groups excluding tert-OH is 1. The van der Waals surface area contributed by atoms with Gasteiger partial charge in [0.25, 0.3) is 0 Å². The number of allylic oxidation sites excluding steroid dienone is 1. The molecule has 0 spiro atoms. The van der Waals surface area contributed by atoms with Crippen LogP contribution in [0.3, 0.4) is 0 Å². The van der Waals surface area contributed by atoms with Crippen LogP contribution in [0, 0.1) is 5.41 Å². The van der Waals surface area contributed by atoms with Crippen molar-refractivity contribution in [1.82, 2.24) is 0 Å². The zero-order valence-electron chi connectivity index (χ0n) is 11.8. The van der Waals surface area contributed by atoms with Gasteiger partial charge in [0.05, 0.1) is 18.1 Å². The molecule has 0 heterocycles. The average molecular weight is 262 g/mol. The normalized spacial score (nSPS) is 16.0. The van der Waals surface area contributed by atoms with Crippen molar-refractivity contribution in [1.29, 1.82) is 0 Å². The average Bonchev–Trinajstić information content (AvgIpc) is 2.39. The van der Waals surface area contributed by atoms with Gasteiger partial charge in [-0.25, -0.2) is 0 Å². The molecule has 0 aliphatic heterocycles. The van der Waals surface area contributed by atoms with Crippen LogP contribution in [0.5, 0.6) is 0 Å². The van der Waals surface area contributed by atoms with E-state index in [4.69, 9.17) is 4.74 Å². The molecule has 3 nitrogen and oxygen atoms in total. The van der Waals surface area contributed by atoms with Crippen molar-refractivity contribution in [3.63, 3.8) is 0 Å². The van der Waals surface area contributed by atoms with Crippen LogP contribution >= 0.6 is 0 Å². The SMILES string of the molecule is CCOC(=O)[C@@](C)(C/C=C/c1ccccc1)[C@@H](C)O. The van der Waals surface area contributed by atoms with Crippen LogP contribution in [0.15, 0.2) is 36.4 Å². The summed E-state index contributed by atoms with van der Waals surface area (Å²) in [6.45, 7) is 5.43. The molecule has 1 aromatic carbocycles. The second-order valence-electron chi connectivity index (χ2n) is 4.83. The Bertz CT molecular complexity index is 423. The number of esters is 1. The van der Waals surface area contributed by atoms with Gasteiger partial charge in [-0.3, -0.25) is 4.79 Å². The Morgan fingerprint density at radius 2 is 2.05 bits per heavy atom. The third-order valence-corrected chi connectivity index (χ3v) is 3.32. The molecular formula is C16H22O3. The lowest BCUT2D eigenvalue weighted by atomic mass is 9.81. The van der Waals surface area contributed by atoms with Crippen LogP contribution in [0.4, 0.5) is 0 Å². The minimum Gasteiger partial charge on any atom is -0.465 e. The lowest BCUT2D eigenvalue weighted by Gasteiger charge is -2.28. The van der Waals surface area contributed by atoms with Crippen molar-refractivity contribution in [2.45, 2.75) is 33.3 Å². The number of carbonyl (C=O) groups excluding carboxylic acids is 1. The predicted molar refractivity (Wildman–Crippen MR) is 76.5 cm³/mol. The number of aliphatic hydroxyl groups is 1. The molecular weight excluding hydrogens is 240 g/mol. The summed E-state index contributed by atoms with van der Waals surface area (Å²) in [5.41, 5.74) is 0.167. The first-order chi connectivity index (χ1) is 9.00. The van der Waals surface area contributed by atoms with Gasteiger partial charge in [0.15, 0.2) is 0 Å². The minimum atomic E-state index is -0.901. The number of rotatable bonds is 6. The highest BCUT2D eigenvalue weighted by atomic mass is 16.5. The Kier molecular flexibility index (Phi) is 5.77. The van der Waals surface area contributed by atoms with Gasteiger partial charge in [0.1, 0.15) is 0 Å². The minimum absolute atomic E-state index is 0.323. The van der Waals surface area contributed by atoms with E-state index in [-0.39, 0.29) is 5.97 Å². The monoisotopic (exact) mass is 262 g/mol. The molecule has 2 atom stereocenters. The number of carbonyl (C=O) groups is 1. The summed E-state index contributed by atoms with van der Waals surface area (Å²) in [5, 5.41) is 9.83. The highest BCUT2D eigenvalue weighted by Gasteiger charge is 2.38. The molecule has 0 aliphatic carbocycles. The molecule has 3 heteroatoms. The first-order valence-electron chi connectivity index (χ1n) is 6.57. The number of hydrogen-bond donors (Lipinski definition) is 1. The van der Waals surface area contributed by atoms with E-state index < -0.39 is 11.5 Å². The molecule has 0 radical (unpaired) electrons. The van der Waals surface area contributed by atoms with Crippen molar-refractivity contribution < 1.29 is 14.6 Å². The van der Waals surface area contributed by atoms with E-state index in [1.54, 1.807) is 20.8 Å². The third kappa shape index (κ3) is 4.21. The second-order valence-corrected chi connectivity index (χ2v) is 4.83. The summed E-state index contributed by atoms with van der Waals surface area (Å²) < 4.78 is 5.04. The zero-order valence-corrected chi connectivity index (χ0v) is 11.8. The van der Waals surface area contributed by atoms with Crippen molar-refractivity contribution in [2.75, 3.05) is 6.61 Å². The van der Waals surface area contributed by atoms with Crippen molar-refractivity contribution in [3.8, 4) is 0 Å².